The summed E-state index contributed by atoms with van der Waals surface area (Å²) in [5.41, 5.74) is 0.822. The molecule has 2 rings (SSSR count). The summed E-state index contributed by atoms with van der Waals surface area (Å²) >= 11 is 0. The number of rotatable bonds is 4. The molecule has 0 aliphatic carbocycles. The van der Waals surface area contributed by atoms with Gasteiger partial charge in [0.2, 0.25) is 0 Å². The van der Waals surface area contributed by atoms with Crippen molar-refractivity contribution in [3.05, 3.63) is 65.5 Å². The van der Waals surface area contributed by atoms with Gasteiger partial charge < -0.3 is 5.32 Å². The lowest BCUT2D eigenvalue weighted by Gasteiger charge is -2.16. The maximum Gasteiger partial charge on any atom is 0.416 e. The van der Waals surface area contributed by atoms with Crippen LogP contribution in [0.1, 0.15) is 22.9 Å². The molecule has 0 radical (unpaired) electrons. The van der Waals surface area contributed by atoms with Crippen molar-refractivity contribution in [1.82, 2.24) is 10.3 Å². The van der Waals surface area contributed by atoms with Gasteiger partial charge in [-0.3, -0.25) is 4.98 Å². The third-order valence-corrected chi connectivity index (χ3v) is 3.09. The Labute approximate surface area is 115 Å². The van der Waals surface area contributed by atoms with E-state index >= 15 is 0 Å². The fourth-order valence-corrected chi connectivity index (χ4v) is 2.05. The van der Waals surface area contributed by atoms with E-state index in [1.165, 1.54) is 12.1 Å². The molecule has 0 amide bonds. The van der Waals surface area contributed by atoms with Gasteiger partial charge in [0, 0.05) is 6.20 Å². The van der Waals surface area contributed by atoms with Crippen molar-refractivity contribution in [3.63, 3.8) is 0 Å². The van der Waals surface area contributed by atoms with Gasteiger partial charge in [-0.1, -0.05) is 24.3 Å². The molecular formula is C15H15F3N2. The highest BCUT2D eigenvalue weighted by Crippen LogP contribution is 2.30. The normalized spacial score (nSPS) is 13.2. The smallest absolute Gasteiger partial charge is 0.311 e. The molecule has 1 unspecified atom stereocenters. The largest absolute Gasteiger partial charge is 0.416 e. The van der Waals surface area contributed by atoms with E-state index in [4.69, 9.17) is 0 Å². The van der Waals surface area contributed by atoms with Crippen molar-refractivity contribution < 1.29 is 13.2 Å². The van der Waals surface area contributed by atoms with Crippen LogP contribution in [0.4, 0.5) is 13.2 Å². The summed E-state index contributed by atoms with van der Waals surface area (Å²) < 4.78 is 38.0. The topological polar surface area (TPSA) is 24.9 Å². The third kappa shape index (κ3) is 3.57. The van der Waals surface area contributed by atoms with Crippen LogP contribution in [0.25, 0.3) is 0 Å². The van der Waals surface area contributed by atoms with Crippen LogP contribution in [0.3, 0.4) is 0 Å². The number of likely N-dealkylation sites (N-methyl/N-ethyl adjacent to an activating group) is 1. The number of pyridine rings is 1. The first-order valence-electron chi connectivity index (χ1n) is 6.25. The highest BCUT2D eigenvalue weighted by molar-refractivity contribution is 5.27. The molecule has 2 aromatic rings. The molecule has 20 heavy (non-hydrogen) atoms. The fraction of sp³-hybridized carbons (Fsp3) is 0.267. The molecule has 1 aromatic carbocycles. The number of benzene rings is 1. The molecule has 0 aliphatic rings. The summed E-state index contributed by atoms with van der Waals surface area (Å²) in [5.74, 6) is 0. The molecule has 0 fully saturated rings. The number of nitrogens with zero attached hydrogens (tertiary/aromatic N) is 1. The number of halogens is 3. The van der Waals surface area contributed by atoms with E-state index < -0.39 is 11.7 Å². The number of alkyl halides is 3. The van der Waals surface area contributed by atoms with Gasteiger partial charge in [0.15, 0.2) is 0 Å². The molecule has 2 nitrogen and oxygen atoms in total. The minimum atomic E-state index is -4.31. The van der Waals surface area contributed by atoms with Crippen LogP contribution in [0.2, 0.25) is 0 Å². The Morgan fingerprint density at radius 1 is 1.15 bits per heavy atom. The summed E-state index contributed by atoms with van der Waals surface area (Å²) in [7, 11) is 1.77. The average molecular weight is 280 g/mol. The molecule has 5 heteroatoms. The number of aromatic nitrogens is 1. The van der Waals surface area contributed by atoms with Crippen LogP contribution in [-0.4, -0.2) is 12.0 Å². The Balaban J connectivity index is 2.20. The standard InChI is InChI=1S/C15H15F3N2/c1-19-14(13-7-2-3-8-20-13)10-11-5-4-6-12(9-11)15(16,17)18/h2-9,14,19H,10H2,1H3. The molecule has 1 aromatic heterocycles. The SMILES string of the molecule is CNC(Cc1cccc(C(F)(F)F)c1)c1ccccn1. The molecule has 0 bridgehead atoms. The maximum absolute atomic E-state index is 12.7. The van der Waals surface area contributed by atoms with Crippen LogP contribution in [0, 0.1) is 0 Å². The first kappa shape index (κ1) is 14.5. The van der Waals surface area contributed by atoms with Gasteiger partial charge in [0.25, 0.3) is 0 Å². The lowest BCUT2D eigenvalue weighted by Crippen LogP contribution is -2.20. The van der Waals surface area contributed by atoms with Crippen molar-refractivity contribution >= 4 is 0 Å². The summed E-state index contributed by atoms with van der Waals surface area (Å²) in [6.45, 7) is 0. The molecule has 0 saturated carbocycles. The monoisotopic (exact) mass is 280 g/mol. The van der Waals surface area contributed by atoms with Crippen molar-refractivity contribution in [2.75, 3.05) is 7.05 Å². The highest BCUT2D eigenvalue weighted by Gasteiger charge is 2.30. The maximum atomic E-state index is 12.7. The average Bonchev–Trinajstić information content (AvgIpc) is 2.45. The minimum absolute atomic E-state index is 0.111. The zero-order valence-electron chi connectivity index (χ0n) is 11.0. The van der Waals surface area contributed by atoms with E-state index in [0.29, 0.717) is 12.0 Å². The van der Waals surface area contributed by atoms with E-state index in [1.807, 2.05) is 12.1 Å². The Bertz CT molecular complexity index is 553. The lowest BCUT2D eigenvalue weighted by molar-refractivity contribution is -0.137. The zero-order valence-corrected chi connectivity index (χ0v) is 11.0. The zero-order chi connectivity index (χ0) is 14.6. The Kier molecular flexibility index (Phi) is 4.39. The first-order valence-corrected chi connectivity index (χ1v) is 6.25. The molecule has 106 valence electrons. The molecule has 0 aliphatic heterocycles. The van der Waals surface area contributed by atoms with E-state index in [2.05, 4.69) is 10.3 Å². The van der Waals surface area contributed by atoms with E-state index in [0.717, 1.165) is 11.8 Å². The molecule has 1 N–H and O–H groups in total. The van der Waals surface area contributed by atoms with Gasteiger partial charge in [0.1, 0.15) is 0 Å². The van der Waals surface area contributed by atoms with Crippen LogP contribution in [-0.2, 0) is 12.6 Å². The highest BCUT2D eigenvalue weighted by atomic mass is 19.4. The van der Waals surface area contributed by atoms with Crippen LogP contribution >= 0.6 is 0 Å². The Morgan fingerprint density at radius 3 is 2.55 bits per heavy atom. The molecule has 0 saturated heterocycles. The second-order valence-electron chi connectivity index (χ2n) is 4.50. The molecular weight excluding hydrogens is 265 g/mol. The molecule has 1 heterocycles. The minimum Gasteiger partial charge on any atom is -0.311 e. The Hall–Kier alpha value is -1.88. The first-order chi connectivity index (χ1) is 9.50. The predicted octanol–water partition coefficient (Wildman–Crippen LogP) is 3.60. The summed E-state index contributed by atoms with van der Waals surface area (Å²) in [5, 5.41) is 3.08. The number of hydrogen-bond donors (Lipinski definition) is 1. The van der Waals surface area contributed by atoms with E-state index in [1.54, 1.807) is 25.4 Å². The van der Waals surface area contributed by atoms with Gasteiger partial charge in [-0.15, -0.1) is 0 Å². The second-order valence-corrected chi connectivity index (χ2v) is 4.50. The summed E-state index contributed by atoms with van der Waals surface area (Å²) in [6, 6.07) is 10.8. The number of nitrogens with one attached hydrogen (secondary N) is 1. The van der Waals surface area contributed by atoms with E-state index in [9.17, 15) is 13.2 Å². The van der Waals surface area contributed by atoms with E-state index in [-0.39, 0.29) is 6.04 Å². The summed E-state index contributed by atoms with van der Waals surface area (Å²) in [6.07, 6.45) is -2.18. The van der Waals surface area contributed by atoms with Crippen LogP contribution in [0.15, 0.2) is 48.7 Å². The Morgan fingerprint density at radius 2 is 1.95 bits per heavy atom. The van der Waals surface area contributed by atoms with Crippen LogP contribution < -0.4 is 5.32 Å². The summed E-state index contributed by atoms with van der Waals surface area (Å²) in [4.78, 5) is 4.23. The van der Waals surface area contributed by atoms with Gasteiger partial charge in [-0.05, 0) is 37.2 Å². The predicted molar refractivity (Wildman–Crippen MR) is 71.2 cm³/mol. The second kappa shape index (κ2) is 6.05. The van der Waals surface area contributed by atoms with Gasteiger partial charge in [-0.25, -0.2) is 0 Å². The lowest BCUT2D eigenvalue weighted by atomic mass is 10.0. The van der Waals surface area contributed by atoms with Crippen molar-refractivity contribution in [2.24, 2.45) is 0 Å². The third-order valence-electron chi connectivity index (χ3n) is 3.09. The van der Waals surface area contributed by atoms with Crippen LogP contribution in [0.5, 0.6) is 0 Å². The van der Waals surface area contributed by atoms with Gasteiger partial charge in [0.05, 0.1) is 17.3 Å². The molecule has 0 spiro atoms. The van der Waals surface area contributed by atoms with Crippen molar-refractivity contribution in [1.29, 1.82) is 0 Å². The fourth-order valence-electron chi connectivity index (χ4n) is 2.05. The van der Waals surface area contributed by atoms with Crippen molar-refractivity contribution in [2.45, 2.75) is 18.6 Å². The van der Waals surface area contributed by atoms with Crippen molar-refractivity contribution in [3.8, 4) is 0 Å². The van der Waals surface area contributed by atoms with Gasteiger partial charge >= 0.3 is 6.18 Å². The number of hydrogen-bond acceptors (Lipinski definition) is 2. The van der Waals surface area contributed by atoms with Gasteiger partial charge in [-0.2, -0.15) is 13.2 Å². The molecule has 1 atom stereocenters. The quantitative estimate of drug-likeness (QED) is 0.925.